The predicted molar refractivity (Wildman–Crippen MR) is 81.8 cm³/mol. The largest absolute Gasteiger partial charge is 0.416 e. The van der Waals surface area contributed by atoms with Gasteiger partial charge in [-0.2, -0.15) is 13.2 Å². The van der Waals surface area contributed by atoms with Gasteiger partial charge in [-0.15, -0.1) is 0 Å². The lowest BCUT2D eigenvalue weighted by molar-refractivity contribution is -0.384. The molecule has 1 aromatic carbocycles. The third-order valence-electron chi connectivity index (χ3n) is 3.53. The summed E-state index contributed by atoms with van der Waals surface area (Å²) in [7, 11) is 0. The SMILES string of the molecule is NNC(=S)N1CCN(c2ccc(C(F)(F)F)cc2[N+](=O)[O-])CC1. The van der Waals surface area contributed by atoms with E-state index in [0.717, 1.165) is 12.1 Å². The normalized spacial score (nSPS) is 15.5. The number of piperazine rings is 1. The number of hydrazine groups is 1. The Bertz CT molecular complexity index is 617. The van der Waals surface area contributed by atoms with E-state index in [4.69, 9.17) is 18.1 Å². The molecule has 0 radical (unpaired) electrons. The van der Waals surface area contributed by atoms with Crippen molar-refractivity contribution in [3.63, 3.8) is 0 Å². The van der Waals surface area contributed by atoms with Crippen LogP contribution in [0.1, 0.15) is 5.56 Å². The second kappa shape index (κ2) is 6.54. The molecule has 1 heterocycles. The Morgan fingerprint density at radius 3 is 2.39 bits per heavy atom. The molecule has 0 spiro atoms. The molecule has 7 nitrogen and oxygen atoms in total. The summed E-state index contributed by atoms with van der Waals surface area (Å²) < 4.78 is 38.1. The monoisotopic (exact) mass is 349 g/mol. The van der Waals surface area contributed by atoms with Crippen LogP contribution in [0.15, 0.2) is 18.2 Å². The van der Waals surface area contributed by atoms with Crippen molar-refractivity contribution in [3.05, 3.63) is 33.9 Å². The molecule has 1 aromatic rings. The van der Waals surface area contributed by atoms with E-state index < -0.39 is 22.4 Å². The summed E-state index contributed by atoms with van der Waals surface area (Å²) >= 11 is 4.99. The minimum absolute atomic E-state index is 0.161. The summed E-state index contributed by atoms with van der Waals surface area (Å²) in [5.74, 6) is 5.23. The first-order valence-electron chi connectivity index (χ1n) is 6.60. The highest BCUT2D eigenvalue weighted by molar-refractivity contribution is 7.80. The summed E-state index contributed by atoms with van der Waals surface area (Å²) in [5.41, 5.74) is 0.906. The minimum atomic E-state index is -4.62. The molecule has 0 unspecified atom stereocenters. The average Bonchev–Trinajstić information content (AvgIpc) is 2.52. The van der Waals surface area contributed by atoms with Crippen LogP contribution in [-0.2, 0) is 6.18 Å². The van der Waals surface area contributed by atoms with Gasteiger partial charge in [0.15, 0.2) is 5.11 Å². The number of hydrogen-bond donors (Lipinski definition) is 2. The van der Waals surface area contributed by atoms with Gasteiger partial charge in [0, 0.05) is 32.2 Å². The van der Waals surface area contributed by atoms with Crippen LogP contribution in [0.5, 0.6) is 0 Å². The molecule has 1 fully saturated rings. The quantitative estimate of drug-likeness (QED) is 0.362. The Labute approximate surface area is 135 Å². The average molecular weight is 349 g/mol. The molecule has 1 saturated heterocycles. The number of anilines is 1. The molecule has 0 aromatic heterocycles. The van der Waals surface area contributed by atoms with Crippen molar-refractivity contribution in [1.29, 1.82) is 0 Å². The maximum Gasteiger partial charge on any atom is 0.416 e. The van der Waals surface area contributed by atoms with E-state index in [1.807, 2.05) is 0 Å². The van der Waals surface area contributed by atoms with Gasteiger partial charge in [-0.05, 0) is 24.4 Å². The summed E-state index contributed by atoms with van der Waals surface area (Å²) in [6.07, 6.45) is -4.62. The lowest BCUT2D eigenvalue weighted by Gasteiger charge is -2.36. The first kappa shape index (κ1) is 17.2. The fourth-order valence-electron chi connectivity index (χ4n) is 2.36. The van der Waals surface area contributed by atoms with E-state index in [1.54, 1.807) is 9.80 Å². The van der Waals surface area contributed by atoms with Crippen LogP contribution in [0, 0.1) is 10.1 Å². The molecule has 0 atom stereocenters. The van der Waals surface area contributed by atoms with Gasteiger partial charge in [-0.1, -0.05) is 0 Å². The highest BCUT2D eigenvalue weighted by atomic mass is 32.1. The van der Waals surface area contributed by atoms with Gasteiger partial charge in [0.2, 0.25) is 0 Å². The summed E-state index contributed by atoms with van der Waals surface area (Å²) in [6, 6.07) is 2.55. The zero-order chi connectivity index (χ0) is 17.2. The maximum absolute atomic E-state index is 12.7. The standard InChI is InChI=1S/C12H14F3N5O2S/c13-12(14,15)8-1-2-9(10(7-8)20(21)22)18-3-5-19(6-4-18)11(23)17-16/h1-2,7H,3-6,16H2,(H,17,23). The number of nitrogens with one attached hydrogen (secondary N) is 1. The van der Waals surface area contributed by atoms with E-state index in [1.165, 1.54) is 0 Å². The molecule has 11 heteroatoms. The molecule has 23 heavy (non-hydrogen) atoms. The molecule has 0 amide bonds. The molecule has 126 valence electrons. The Morgan fingerprint density at radius 2 is 1.91 bits per heavy atom. The Morgan fingerprint density at radius 1 is 1.30 bits per heavy atom. The number of nitrogens with zero attached hydrogens (tertiary/aromatic N) is 3. The van der Waals surface area contributed by atoms with Crippen LogP contribution >= 0.6 is 12.2 Å². The van der Waals surface area contributed by atoms with Crippen LogP contribution in [0.4, 0.5) is 24.5 Å². The number of benzene rings is 1. The minimum Gasteiger partial charge on any atom is -0.362 e. The number of thiocarbonyl (C=S) groups is 1. The van der Waals surface area contributed by atoms with Crippen molar-refractivity contribution in [2.75, 3.05) is 31.1 Å². The topological polar surface area (TPSA) is 87.7 Å². The molecule has 3 N–H and O–H groups in total. The third-order valence-corrected chi connectivity index (χ3v) is 3.91. The molecule has 1 aliphatic heterocycles. The van der Waals surface area contributed by atoms with Crippen molar-refractivity contribution in [2.24, 2.45) is 5.84 Å². The second-order valence-electron chi connectivity index (χ2n) is 4.88. The van der Waals surface area contributed by atoms with Crippen molar-refractivity contribution < 1.29 is 18.1 Å². The lowest BCUT2D eigenvalue weighted by Crippen LogP contribution is -2.53. The number of rotatable bonds is 2. The van der Waals surface area contributed by atoms with Gasteiger partial charge in [-0.3, -0.25) is 10.1 Å². The van der Waals surface area contributed by atoms with Gasteiger partial charge in [0.1, 0.15) is 5.69 Å². The molecule has 0 saturated carbocycles. The maximum atomic E-state index is 12.7. The van der Waals surface area contributed by atoms with Gasteiger partial charge in [0.25, 0.3) is 5.69 Å². The van der Waals surface area contributed by atoms with Gasteiger partial charge >= 0.3 is 6.18 Å². The van der Waals surface area contributed by atoms with E-state index >= 15 is 0 Å². The van der Waals surface area contributed by atoms with Crippen LogP contribution < -0.4 is 16.2 Å². The smallest absolute Gasteiger partial charge is 0.362 e. The van der Waals surface area contributed by atoms with Crippen molar-refractivity contribution in [1.82, 2.24) is 10.3 Å². The van der Waals surface area contributed by atoms with Crippen molar-refractivity contribution in [3.8, 4) is 0 Å². The van der Waals surface area contributed by atoms with Crippen LogP contribution in [0.25, 0.3) is 0 Å². The second-order valence-corrected chi connectivity index (χ2v) is 5.27. The summed E-state index contributed by atoms with van der Waals surface area (Å²) in [5, 5.41) is 11.5. The Kier molecular flexibility index (Phi) is 4.90. The zero-order valence-corrected chi connectivity index (χ0v) is 12.7. The van der Waals surface area contributed by atoms with Gasteiger partial charge < -0.3 is 15.2 Å². The number of nitro benzene ring substituents is 1. The van der Waals surface area contributed by atoms with Crippen LogP contribution in [-0.4, -0.2) is 41.1 Å². The number of hydrogen-bond acceptors (Lipinski definition) is 5. The summed E-state index contributed by atoms with van der Waals surface area (Å²) in [4.78, 5) is 13.8. The van der Waals surface area contributed by atoms with Crippen LogP contribution in [0.2, 0.25) is 0 Å². The number of halogens is 3. The first-order valence-corrected chi connectivity index (χ1v) is 7.01. The molecule has 0 aliphatic carbocycles. The fourth-order valence-corrected chi connectivity index (χ4v) is 2.54. The molecular formula is C12H14F3N5O2S. The number of nitrogens with two attached hydrogens (primary N) is 1. The number of nitro groups is 1. The zero-order valence-electron chi connectivity index (χ0n) is 11.8. The van der Waals surface area contributed by atoms with Crippen LogP contribution in [0.3, 0.4) is 0 Å². The Balaban J connectivity index is 2.23. The highest BCUT2D eigenvalue weighted by Crippen LogP contribution is 2.36. The van der Waals surface area contributed by atoms with Gasteiger partial charge in [-0.25, -0.2) is 5.84 Å². The van der Waals surface area contributed by atoms with Gasteiger partial charge in [0.05, 0.1) is 10.5 Å². The molecule has 0 bridgehead atoms. The summed E-state index contributed by atoms with van der Waals surface area (Å²) in [6.45, 7) is 1.68. The first-order chi connectivity index (χ1) is 10.7. The molecule has 1 aliphatic rings. The predicted octanol–water partition coefficient (Wildman–Crippen LogP) is 1.48. The van der Waals surface area contributed by atoms with Crippen molar-refractivity contribution >= 4 is 28.7 Å². The van der Waals surface area contributed by atoms with E-state index in [0.29, 0.717) is 37.4 Å². The van der Waals surface area contributed by atoms with E-state index in [9.17, 15) is 23.3 Å². The highest BCUT2D eigenvalue weighted by Gasteiger charge is 2.34. The molecular weight excluding hydrogens is 335 g/mol. The lowest BCUT2D eigenvalue weighted by atomic mass is 10.1. The number of alkyl halides is 3. The van der Waals surface area contributed by atoms with E-state index in [-0.39, 0.29) is 5.69 Å². The fraction of sp³-hybridized carbons (Fsp3) is 0.417. The van der Waals surface area contributed by atoms with Crippen molar-refractivity contribution in [2.45, 2.75) is 6.18 Å². The Hall–Kier alpha value is -2.14. The molecule has 2 rings (SSSR count). The third kappa shape index (κ3) is 3.79. The van der Waals surface area contributed by atoms with E-state index in [2.05, 4.69) is 5.43 Å².